The summed E-state index contributed by atoms with van der Waals surface area (Å²) in [5.41, 5.74) is 1.02. The van der Waals surface area contributed by atoms with E-state index in [4.69, 9.17) is 4.74 Å². The van der Waals surface area contributed by atoms with Crippen LogP contribution in [0.2, 0.25) is 0 Å². The molecule has 0 aromatic heterocycles. The Labute approximate surface area is 131 Å². The first-order valence-corrected chi connectivity index (χ1v) is 7.85. The molecule has 0 radical (unpaired) electrons. The molecule has 5 heteroatoms. The molecule has 2 aliphatic rings. The van der Waals surface area contributed by atoms with Crippen LogP contribution in [0.1, 0.15) is 53.4 Å². The molecule has 1 aliphatic heterocycles. The molecule has 1 aliphatic carbocycles. The van der Waals surface area contributed by atoms with Crippen LogP contribution in [0, 0.1) is 5.92 Å². The van der Waals surface area contributed by atoms with Crippen LogP contribution in [0.3, 0.4) is 0 Å². The first-order valence-electron chi connectivity index (χ1n) is 7.85. The Morgan fingerprint density at radius 1 is 1.36 bits per heavy atom. The number of amides is 1. The number of hydrogen-bond acceptors (Lipinski definition) is 2. The standard InChI is InChI=1S/C17H25F2NO2/c1-12-5-6-14(13-7-9-17(18,19)10-8-13)20(11-12)15(21)22-16(2,3)4/h6-7,12H,5,8-11H2,1-4H3. The Morgan fingerprint density at radius 3 is 2.59 bits per heavy atom. The third-order valence-electron chi connectivity index (χ3n) is 3.85. The zero-order valence-corrected chi connectivity index (χ0v) is 13.8. The SMILES string of the molecule is CC1CC=C(C2=CCC(F)(F)CC2)N(C(=O)OC(C)(C)C)C1. The van der Waals surface area contributed by atoms with Crippen molar-refractivity contribution >= 4 is 6.09 Å². The lowest BCUT2D eigenvalue weighted by atomic mass is 9.90. The van der Waals surface area contributed by atoms with Gasteiger partial charge < -0.3 is 4.74 Å². The summed E-state index contributed by atoms with van der Waals surface area (Å²) >= 11 is 0. The number of carbonyl (C=O) groups is 1. The highest BCUT2D eigenvalue weighted by atomic mass is 19.3. The second kappa shape index (κ2) is 6.01. The lowest BCUT2D eigenvalue weighted by Gasteiger charge is -2.36. The van der Waals surface area contributed by atoms with E-state index in [1.165, 1.54) is 0 Å². The molecule has 0 aromatic rings. The van der Waals surface area contributed by atoms with Gasteiger partial charge in [0.15, 0.2) is 0 Å². The van der Waals surface area contributed by atoms with Crippen LogP contribution < -0.4 is 0 Å². The molecular formula is C17H25F2NO2. The number of carbonyl (C=O) groups excluding carboxylic acids is 1. The van der Waals surface area contributed by atoms with E-state index in [9.17, 15) is 13.6 Å². The van der Waals surface area contributed by atoms with E-state index in [0.29, 0.717) is 18.9 Å². The van der Waals surface area contributed by atoms with Crippen molar-refractivity contribution in [2.75, 3.05) is 6.54 Å². The minimum absolute atomic E-state index is 0.159. The molecule has 3 nitrogen and oxygen atoms in total. The summed E-state index contributed by atoms with van der Waals surface area (Å²) in [6.45, 7) is 8.09. The van der Waals surface area contributed by atoms with Gasteiger partial charge in [0.2, 0.25) is 0 Å². The highest BCUT2D eigenvalue weighted by molar-refractivity contribution is 5.72. The van der Waals surface area contributed by atoms with Gasteiger partial charge in [-0.05, 0) is 45.1 Å². The molecule has 22 heavy (non-hydrogen) atoms. The molecule has 1 amide bonds. The monoisotopic (exact) mass is 313 g/mol. The van der Waals surface area contributed by atoms with Gasteiger partial charge in [0.05, 0.1) is 0 Å². The van der Waals surface area contributed by atoms with Gasteiger partial charge in [-0.1, -0.05) is 19.1 Å². The first kappa shape index (κ1) is 17.0. The molecular weight excluding hydrogens is 288 g/mol. The Hall–Kier alpha value is -1.39. The summed E-state index contributed by atoms with van der Waals surface area (Å²) in [5.74, 6) is -2.29. The van der Waals surface area contributed by atoms with Crippen molar-refractivity contribution < 1.29 is 18.3 Å². The Morgan fingerprint density at radius 2 is 2.05 bits per heavy atom. The molecule has 124 valence electrons. The van der Waals surface area contributed by atoms with E-state index in [1.807, 2.05) is 26.8 Å². The lowest BCUT2D eigenvalue weighted by molar-refractivity contribution is -0.00891. The first-order chi connectivity index (χ1) is 10.1. The molecule has 0 aromatic carbocycles. The zero-order chi connectivity index (χ0) is 16.5. The van der Waals surface area contributed by atoms with Crippen molar-refractivity contribution in [1.29, 1.82) is 0 Å². The van der Waals surface area contributed by atoms with E-state index in [1.54, 1.807) is 11.0 Å². The van der Waals surface area contributed by atoms with Gasteiger partial charge in [0.1, 0.15) is 5.60 Å². The number of allylic oxidation sites excluding steroid dienone is 3. The van der Waals surface area contributed by atoms with E-state index in [0.717, 1.165) is 17.7 Å². The number of rotatable bonds is 1. The minimum Gasteiger partial charge on any atom is -0.443 e. The van der Waals surface area contributed by atoms with Crippen LogP contribution in [0.4, 0.5) is 13.6 Å². The Bertz CT molecular complexity index is 503. The predicted octanol–water partition coefficient (Wildman–Crippen LogP) is 4.89. The Kier molecular flexibility index (Phi) is 4.64. The summed E-state index contributed by atoms with van der Waals surface area (Å²) in [5, 5.41) is 0. The van der Waals surface area contributed by atoms with Gasteiger partial charge in [-0.25, -0.2) is 13.6 Å². The van der Waals surface area contributed by atoms with Gasteiger partial charge in [0.25, 0.3) is 5.92 Å². The second-order valence-electron chi connectivity index (χ2n) is 7.31. The molecule has 2 rings (SSSR count). The third kappa shape index (κ3) is 4.31. The largest absolute Gasteiger partial charge is 0.443 e. The van der Waals surface area contributed by atoms with Gasteiger partial charge in [-0.3, -0.25) is 4.90 Å². The second-order valence-corrected chi connectivity index (χ2v) is 7.31. The summed E-state index contributed by atoms with van der Waals surface area (Å²) in [6, 6.07) is 0. The number of halogens is 2. The summed E-state index contributed by atoms with van der Waals surface area (Å²) in [7, 11) is 0. The zero-order valence-electron chi connectivity index (χ0n) is 13.8. The smallest absolute Gasteiger partial charge is 0.414 e. The van der Waals surface area contributed by atoms with Crippen molar-refractivity contribution in [3.63, 3.8) is 0 Å². The van der Waals surface area contributed by atoms with E-state index in [-0.39, 0.29) is 12.8 Å². The van der Waals surface area contributed by atoms with Crippen LogP contribution in [0.15, 0.2) is 23.4 Å². The van der Waals surface area contributed by atoms with E-state index >= 15 is 0 Å². The maximum Gasteiger partial charge on any atom is 0.414 e. The van der Waals surface area contributed by atoms with Crippen molar-refractivity contribution in [2.45, 2.75) is 64.9 Å². The topological polar surface area (TPSA) is 29.5 Å². The molecule has 0 saturated heterocycles. The van der Waals surface area contributed by atoms with Crippen molar-refractivity contribution in [2.24, 2.45) is 5.92 Å². The molecule has 0 spiro atoms. The summed E-state index contributed by atoms with van der Waals surface area (Å²) in [6.07, 6.45) is 3.89. The molecule has 0 fully saturated rings. The number of alkyl halides is 2. The van der Waals surface area contributed by atoms with E-state index in [2.05, 4.69) is 6.92 Å². The van der Waals surface area contributed by atoms with Gasteiger partial charge in [0, 0.05) is 25.1 Å². The van der Waals surface area contributed by atoms with E-state index < -0.39 is 17.6 Å². The predicted molar refractivity (Wildman–Crippen MR) is 81.7 cm³/mol. The number of hydrogen-bond donors (Lipinski definition) is 0. The molecule has 1 heterocycles. The highest BCUT2D eigenvalue weighted by Crippen LogP contribution is 2.37. The van der Waals surface area contributed by atoms with Crippen molar-refractivity contribution in [3.05, 3.63) is 23.4 Å². The van der Waals surface area contributed by atoms with Crippen LogP contribution >= 0.6 is 0 Å². The highest BCUT2D eigenvalue weighted by Gasteiger charge is 2.35. The molecule has 0 N–H and O–H groups in total. The quantitative estimate of drug-likeness (QED) is 0.689. The maximum atomic E-state index is 13.3. The fraction of sp³-hybridized carbons (Fsp3) is 0.706. The fourth-order valence-corrected chi connectivity index (χ4v) is 2.73. The van der Waals surface area contributed by atoms with Crippen LogP contribution in [0.5, 0.6) is 0 Å². The maximum absolute atomic E-state index is 13.3. The molecule has 1 unspecified atom stereocenters. The lowest BCUT2D eigenvalue weighted by Crippen LogP contribution is -2.41. The van der Waals surface area contributed by atoms with Crippen LogP contribution in [-0.4, -0.2) is 29.1 Å². The summed E-state index contributed by atoms with van der Waals surface area (Å²) in [4.78, 5) is 14.0. The van der Waals surface area contributed by atoms with Crippen molar-refractivity contribution in [3.8, 4) is 0 Å². The third-order valence-corrected chi connectivity index (χ3v) is 3.85. The number of nitrogens with zero attached hydrogens (tertiary/aromatic N) is 1. The van der Waals surface area contributed by atoms with Gasteiger partial charge in [-0.15, -0.1) is 0 Å². The summed E-state index contributed by atoms with van der Waals surface area (Å²) < 4.78 is 32.1. The van der Waals surface area contributed by atoms with Crippen LogP contribution in [0.25, 0.3) is 0 Å². The fourth-order valence-electron chi connectivity index (χ4n) is 2.73. The minimum atomic E-state index is -2.62. The van der Waals surface area contributed by atoms with Gasteiger partial charge >= 0.3 is 6.09 Å². The average molecular weight is 313 g/mol. The van der Waals surface area contributed by atoms with Crippen molar-refractivity contribution in [1.82, 2.24) is 4.90 Å². The molecule has 0 bridgehead atoms. The Balaban J connectivity index is 2.20. The number of ether oxygens (including phenoxy) is 1. The normalized spacial score (nSPS) is 25.4. The van der Waals surface area contributed by atoms with Gasteiger partial charge in [-0.2, -0.15) is 0 Å². The average Bonchev–Trinajstić information content (AvgIpc) is 2.37. The molecule has 1 atom stereocenters. The van der Waals surface area contributed by atoms with Crippen LogP contribution in [-0.2, 0) is 4.74 Å². The molecule has 0 saturated carbocycles.